The average molecular weight is 203 g/mol. The van der Waals surface area contributed by atoms with Crippen LogP contribution in [0.15, 0.2) is 30.5 Å². The minimum atomic E-state index is -0.263. The Morgan fingerprint density at radius 1 is 1.40 bits per heavy atom. The molecule has 2 aromatic rings. The van der Waals surface area contributed by atoms with Crippen LogP contribution in [0.2, 0.25) is 0 Å². The van der Waals surface area contributed by atoms with Gasteiger partial charge in [0.05, 0.1) is 12.2 Å². The maximum absolute atomic E-state index is 11.5. The highest BCUT2D eigenvalue weighted by molar-refractivity contribution is 5.94. The van der Waals surface area contributed by atoms with Crippen LogP contribution in [-0.4, -0.2) is 17.1 Å². The van der Waals surface area contributed by atoms with E-state index in [4.69, 9.17) is 4.74 Å². The van der Waals surface area contributed by atoms with Gasteiger partial charge < -0.3 is 9.30 Å². The summed E-state index contributed by atoms with van der Waals surface area (Å²) in [6, 6.07) is 7.60. The molecule has 0 bridgehead atoms. The monoisotopic (exact) mass is 203 g/mol. The lowest BCUT2D eigenvalue weighted by atomic mass is 10.1. The molecule has 0 saturated carbocycles. The number of ether oxygens (including phenoxy) is 1. The molecule has 0 aliphatic rings. The number of aryl methyl sites for hydroxylation is 1. The summed E-state index contributed by atoms with van der Waals surface area (Å²) < 4.78 is 6.93. The Labute approximate surface area is 88.3 Å². The molecule has 0 radical (unpaired) electrons. The summed E-state index contributed by atoms with van der Waals surface area (Å²) in [7, 11) is 1.96. The van der Waals surface area contributed by atoms with E-state index < -0.39 is 0 Å². The van der Waals surface area contributed by atoms with E-state index in [1.165, 1.54) is 0 Å². The summed E-state index contributed by atoms with van der Waals surface area (Å²) in [6.45, 7) is 2.21. The highest BCUT2D eigenvalue weighted by atomic mass is 16.5. The van der Waals surface area contributed by atoms with Crippen molar-refractivity contribution < 1.29 is 9.53 Å². The number of aromatic nitrogens is 1. The molecule has 3 nitrogen and oxygen atoms in total. The molecule has 15 heavy (non-hydrogen) atoms. The van der Waals surface area contributed by atoms with Crippen molar-refractivity contribution in [2.45, 2.75) is 6.92 Å². The Morgan fingerprint density at radius 2 is 2.20 bits per heavy atom. The van der Waals surface area contributed by atoms with Gasteiger partial charge in [-0.3, -0.25) is 0 Å². The molecule has 1 aromatic carbocycles. The van der Waals surface area contributed by atoms with Crippen molar-refractivity contribution in [3.8, 4) is 0 Å². The van der Waals surface area contributed by atoms with Gasteiger partial charge in [0, 0.05) is 18.8 Å². The lowest BCUT2D eigenvalue weighted by molar-refractivity contribution is 0.0526. The molecule has 1 aromatic heterocycles. The number of nitrogens with zero attached hydrogens (tertiary/aromatic N) is 1. The van der Waals surface area contributed by atoms with Crippen LogP contribution in [0.5, 0.6) is 0 Å². The molecule has 0 unspecified atom stereocenters. The first-order valence-electron chi connectivity index (χ1n) is 4.94. The zero-order valence-corrected chi connectivity index (χ0v) is 8.86. The van der Waals surface area contributed by atoms with E-state index in [9.17, 15) is 4.79 Å². The summed E-state index contributed by atoms with van der Waals surface area (Å²) >= 11 is 0. The maximum atomic E-state index is 11.5. The minimum Gasteiger partial charge on any atom is -0.462 e. The second-order valence-corrected chi connectivity index (χ2v) is 3.42. The number of hydrogen-bond acceptors (Lipinski definition) is 2. The fourth-order valence-electron chi connectivity index (χ4n) is 1.60. The van der Waals surface area contributed by atoms with E-state index in [-0.39, 0.29) is 5.97 Å². The summed E-state index contributed by atoms with van der Waals surface area (Å²) in [4.78, 5) is 11.5. The first-order valence-corrected chi connectivity index (χ1v) is 4.94. The molecule has 0 saturated heterocycles. The van der Waals surface area contributed by atoms with Crippen molar-refractivity contribution in [1.29, 1.82) is 0 Å². The van der Waals surface area contributed by atoms with Gasteiger partial charge in [-0.2, -0.15) is 0 Å². The second-order valence-electron chi connectivity index (χ2n) is 3.42. The van der Waals surface area contributed by atoms with Crippen LogP contribution in [0.25, 0.3) is 10.9 Å². The normalized spacial score (nSPS) is 10.5. The Balaban J connectivity index is 2.45. The quantitative estimate of drug-likeness (QED) is 0.701. The predicted octanol–water partition coefficient (Wildman–Crippen LogP) is 2.36. The topological polar surface area (TPSA) is 31.2 Å². The largest absolute Gasteiger partial charge is 0.462 e. The van der Waals surface area contributed by atoms with Gasteiger partial charge >= 0.3 is 5.97 Å². The standard InChI is InChI=1S/C12H13NO2/c1-3-15-12(14)10-5-4-9-6-7-13(2)11(9)8-10/h4-8H,3H2,1-2H3. The Morgan fingerprint density at radius 3 is 2.93 bits per heavy atom. The highest BCUT2D eigenvalue weighted by Gasteiger charge is 2.07. The van der Waals surface area contributed by atoms with Crippen molar-refractivity contribution in [3.63, 3.8) is 0 Å². The fourth-order valence-corrected chi connectivity index (χ4v) is 1.60. The van der Waals surface area contributed by atoms with Gasteiger partial charge in [-0.05, 0) is 30.5 Å². The van der Waals surface area contributed by atoms with Crippen LogP contribution in [0, 0.1) is 0 Å². The van der Waals surface area contributed by atoms with Crippen LogP contribution in [-0.2, 0) is 11.8 Å². The molecule has 0 amide bonds. The molecular formula is C12H13NO2. The molecule has 0 spiro atoms. The van der Waals surface area contributed by atoms with Gasteiger partial charge in [0.2, 0.25) is 0 Å². The number of esters is 1. The molecule has 0 aliphatic carbocycles. The molecular weight excluding hydrogens is 190 g/mol. The van der Waals surface area contributed by atoms with Gasteiger partial charge in [0.1, 0.15) is 0 Å². The number of carbonyl (C=O) groups excluding carboxylic acids is 1. The van der Waals surface area contributed by atoms with E-state index in [1.54, 1.807) is 13.0 Å². The van der Waals surface area contributed by atoms with E-state index in [2.05, 4.69) is 0 Å². The SMILES string of the molecule is CCOC(=O)c1ccc2ccn(C)c2c1. The van der Waals surface area contributed by atoms with Crippen LogP contribution in [0.1, 0.15) is 17.3 Å². The smallest absolute Gasteiger partial charge is 0.338 e. The Hall–Kier alpha value is -1.77. The number of rotatable bonds is 2. The number of benzene rings is 1. The van der Waals surface area contributed by atoms with Crippen molar-refractivity contribution in [1.82, 2.24) is 4.57 Å². The number of fused-ring (bicyclic) bond motifs is 1. The predicted molar refractivity (Wildman–Crippen MR) is 58.9 cm³/mol. The van der Waals surface area contributed by atoms with Crippen LogP contribution in [0.3, 0.4) is 0 Å². The number of carbonyl (C=O) groups is 1. The summed E-state index contributed by atoms with van der Waals surface area (Å²) in [5.41, 5.74) is 1.65. The van der Waals surface area contributed by atoms with Crippen LogP contribution in [0.4, 0.5) is 0 Å². The van der Waals surface area contributed by atoms with Gasteiger partial charge in [0.25, 0.3) is 0 Å². The third kappa shape index (κ3) is 1.73. The second kappa shape index (κ2) is 3.77. The molecule has 78 valence electrons. The lowest BCUT2D eigenvalue weighted by Crippen LogP contribution is -2.04. The van der Waals surface area contributed by atoms with Crippen LogP contribution < -0.4 is 0 Å². The van der Waals surface area contributed by atoms with Crippen molar-refractivity contribution in [3.05, 3.63) is 36.0 Å². The molecule has 0 N–H and O–H groups in total. The van der Waals surface area contributed by atoms with E-state index >= 15 is 0 Å². The maximum Gasteiger partial charge on any atom is 0.338 e. The molecule has 3 heteroatoms. The molecule has 2 rings (SSSR count). The first-order chi connectivity index (χ1) is 7.22. The van der Waals surface area contributed by atoms with Crippen LogP contribution >= 0.6 is 0 Å². The van der Waals surface area contributed by atoms with E-state index in [0.29, 0.717) is 12.2 Å². The Bertz CT molecular complexity index is 499. The third-order valence-corrected chi connectivity index (χ3v) is 2.40. The van der Waals surface area contributed by atoms with Crippen molar-refractivity contribution in [2.24, 2.45) is 7.05 Å². The zero-order chi connectivity index (χ0) is 10.8. The van der Waals surface area contributed by atoms with Gasteiger partial charge in [-0.15, -0.1) is 0 Å². The first kappa shape index (κ1) is 9.77. The van der Waals surface area contributed by atoms with Crippen molar-refractivity contribution >= 4 is 16.9 Å². The lowest BCUT2D eigenvalue weighted by Gasteiger charge is -2.02. The fraction of sp³-hybridized carbons (Fsp3) is 0.250. The minimum absolute atomic E-state index is 0.263. The average Bonchev–Trinajstić information content (AvgIpc) is 2.60. The summed E-state index contributed by atoms with van der Waals surface area (Å²) in [5, 5.41) is 1.13. The molecule has 0 fully saturated rings. The molecule has 1 heterocycles. The third-order valence-electron chi connectivity index (χ3n) is 2.40. The Kier molecular flexibility index (Phi) is 2.46. The zero-order valence-electron chi connectivity index (χ0n) is 8.86. The summed E-state index contributed by atoms with van der Waals surface area (Å²) in [6.07, 6.45) is 1.97. The van der Waals surface area contributed by atoms with Gasteiger partial charge in [-0.1, -0.05) is 6.07 Å². The molecule has 0 aliphatic heterocycles. The summed E-state index contributed by atoms with van der Waals surface area (Å²) in [5.74, 6) is -0.263. The van der Waals surface area contributed by atoms with E-state index in [0.717, 1.165) is 10.9 Å². The van der Waals surface area contributed by atoms with Crippen molar-refractivity contribution in [2.75, 3.05) is 6.61 Å². The van der Waals surface area contributed by atoms with Gasteiger partial charge in [-0.25, -0.2) is 4.79 Å². The van der Waals surface area contributed by atoms with Gasteiger partial charge in [0.15, 0.2) is 0 Å². The van der Waals surface area contributed by atoms with E-state index in [1.807, 2.05) is 36.0 Å². The molecule has 0 atom stereocenters. The highest BCUT2D eigenvalue weighted by Crippen LogP contribution is 2.17. The number of hydrogen-bond donors (Lipinski definition) is 0.